The molecule has 36 heavy (non-hydrogen) atoms. The topological polar surface area (TPSA) is 43.4 Å². The van der Waals surface area contributed by atoms with E-state index in [1.165, 1.54) is 70.6 Å². The molecule has 0 aliphatic heterocycles. The summed E-state index contributed by atoms with van der Waals surface area (Å²) in [5, 5.41) is 0. The molecule has 1 aromatic carbocycles. The van der Waals surface area contributed by atoms with E-state index < -0.39 is 0 Å². The van der Waals surface area contributed by atoms with Crippen LogP contribution in [0.15, 0.2) is 24.3 Å². The monoisotopic (exact) mass is 496 g/mol. The second-order valence-corrected chi connectivity index (χ2v) is 11.6. The van der Waals surface area contributed by atoms with Gasteiger partial charge >= 0.3 is 0 Å². The molecule has 2 aliphatic rings. The van der Waals surface area contributed by atoms with Gasteiger partial charge in [-0.2, -0.15) is 0 Å². The maximum atomic E-state index is 14.0. The van der Waals surface area contributed by atoms with Gasteiger partial charge in [-0.25, -0.2) is 0 Å². The van der Waals surface area contributed by atoms with E-state index in [1.807, 2.05) is 12.1 Å². The van der Waals surface area contributed by atoms with Gasteiger partial charge in [0.1, 0.15) is 11.5 Å². The van der Waals surface area contributed by atoms with E-state index in [-0.39, 0.29) is 23.4 Å². The number of unbranched alkanes of at least 4 members (excludes halogenated alkanes) is 7. The molecule has 1 aromatic rings. The Morgan fingerprint density at radius 1 is 0.833 bits per heavy atom. The summed E-state index contributed by atoms with van der Waals surface area (Å²) in [6, 6.07) is 8.28. The Balaban J connectivity index is 1.60. The molecule has 202 valence electrons. The van der Waals surface area contributed by atoms with Crippen LogP contribution in [0.25, 0.3) is 0 Å². The lowest BCUT2D eigenvalue weighted by Crippen LogP contribution is -2.36. The number of Topliss-reactive ketones (excluding diaryl/α,β-unsaturated/α-hetero) is 2. The average Bonchev–Trinajstić information content (AvgIpc) is 2.90. The maximum Gasteiger partial charge on any atom is 0.151 e. The van der Waals surface area contributed by atoms with Gasteiger partial charge in [0.2, 0.25) is 0 Å². The van der Waals surface area contributed by atoms with Gasteiger partial charge in [-0.1, -0.05) is 103 Å². The second kappa shape index (κ2) is 16.3. The van der Waals surface area contributed by atoms with Crippen LogP contribution in [-0.2, 0) is 9.59 Å². The largest absolute Gasteiger partial charge is 0.494 e. The Labute approximate surface area is 221 Å². The molecule has 2 saturated carbocycles. The molecule has 0 bridgehead atoms. The minimum Gasteiger partial charge on any atom is -0.494 e. The number of ether oxygens (including phenoxy) is 1. The normalized spacial score (nSPS) is 21.9. The van der Waals surface area contributed by atoms with Crippen molar-refractivity contribution in [1.29, 1.82) is 0 Å². The van der Waals surface area contributed by atoms with E-state index in [0.29, 0.717) is 18.3 Å². The first-order valence-corrected chi connectivity index (χ1v) is 15.4. The third-order valence-corrected chi connectivity index (χ3v) is 8.74. The van der Waals surface area contributed by atoms with E-state index in [2.05, 4.69) is 26.0 Å². The van der Waals surface area contributed by atoms with E-state index >= 15 is 0 Å². The minimum atomic E-state index is -0.386. The van der Waals surface area contributed by atoms with Gasteiger partial charge in [-0.15, -0.1) is 0 Å². The highest BCUT2D eigenvalue weighted by Gasteiger charge is 2.40. The van der Waals surface area contributed by atoms with Gasteiger partial charge < -0.3 is 4.74 Å². The first-order valence-electron chi connectivity index (χ1n) is 15.4. The molecule has 3 heteroatoms. The molecular weight excluding hydrogens is 444 g/mol. The van der Waals surface area contributed by atoms with Crippen molar-refractivity contribution in [1.82, 2.24) is 0 Å². The fourth-order valence-electron chi connectivity index (χ4n) is 6.52. The van der Waals surface area contributed by atoms with Crippen molar-refractivity contribution in [2.24, 2.45) is 17.8 Å². The van der Waals surface area contributed by atoms with Crippen molar-refractivity contribution >= 4 is 11.6 Å². The maximum absolute atomic E-state index is 14.0. The molecule has 2 aliphatic carbocycles. The van der Waals surface area contributed by atoms with Crippen molar-refractivity contribution in [3.8, 4) is 5.75 Å². The highest BCUT2D eigenvalue weighted by molar-refractivity contribution is 6.05. The van der Waals surface area contributed by atoms with Crippen LogP contribution >= 0.6 is 0 Å². The van der Waals surface area contributed by atoms with Crippen LogP contribution < -0.4 is 4.74 Å². The minimum absolute atomic E-state index is 0.136. The Morgan fingerprint density at radius 3 is 2.17 bits per heavy atom. The zero-order valence-corrected chi connectivity index (χ0v) is 23.3. The predicted octanol–water partition coefficient (Wildman–Crippen LogP) is 9.22. The van der Waals surface area contributed by atoms with Crippen LogP contribution in [0.5, 0.6) is 5.75 Å². The molecule has 0 heterocycles. The molecule has 3 unspecified atom stereocenters. The number of hydrogen-bond acceptors (Lipinski definition) is 3. The van der Waals surface area contributed by atoms with Crippen molar-refractivity contribution in [3.63, 3.8) is 0 Å². The number of carbonyl (C=O) groups is 2. The second-order valence-electron chi connectivity index (χ2n) is 11.6. The molecule has 0 radical (unpaired) electrons. The molecule has 3 rings (SSSR count). The number of carbonyl (C=O) groups excluding carboxylic acids is 2. The Kier molecular flexibility index (Phi) is 13.1. The number of rotatable bonds is 16. The van der Waals surface area contributed by atoms with Gasteiger partial charge in [0.25, 0.3) is 0 Å². The van der Waals surface area contributed by atoms with E-state index in [1.54, 1.807) is 0 Å². The molecule has 0 aromatic heterocycles. The van der Waals surface area contributed by atoms with Gasteiger partial charge in [0, 0.05) is 12.3 Å². The highest BCUT2D eigenvalue weighted by Crippen LogP contribution is 2.41. The Hall–Kier alpha value is -1.64. The van der Waals surface area contributed by atoms with Crippen molar-refractivity contribution in [2.45, 2.75) is 135 Å². The van der Waals surface area contributed by atoms with Crippen LogP contribution in [0.3, 0.4) is 0 Å². The lowest BCUT2D eigenvalue weighted by atomic mass is 9.68. The Morgan fingerprint density at radius 2 is 1.50 bits per heavy atom. The summed E-state index contributed by atoms with van der Waals surface area (Å²) in [7, 11) is 0. The quantitative estimate of drug-likeness (QED) is 0.169. The summed E-state index contributed by atoms with van der Waals surface area (Å²) in [6.45, 7) is 5.22. The third kappa shape index (κ3) is 9.03. The van der Waals surface area contributed by atoms with E-state index in [0.717, 1.165) is 56.4 Å². The van der Waals surface area contributed by atoms with Crippen molar-refractivity contribution in [2.75, 3.05) is 6.61 Å². The van der Waals surface area contributed by atoms with Gasteiger partial charge in [0.15, 0.2) is 5.78 Å². The SMILES string of the molecule is CCCCCCCC1CCC(C(=O)C(c2ccc(OCCCCCC)cc2)C2CCCCC2)C(=O)C1. The fraction of sp³-hybridized carbons (Fsp3) is 0.758. The smallest absolute Gasteiger partial charge is 0.151 e. The zero-order valence-electron chi connectivity index (χ0n) is 23.3. The molecule has 2 fully saturated rings. The number of benzene rings is 1. The number of hydrogen-bond donors (Lipinski definition) is 0. The summed E-state index contributed by atoms with van der Waals surface area (Å²) in [5.74, 6) is 1.66. The van der Waals surface area contributed by atoms with Crippen LogP contribution in [0.2, 0.25) is 0 Å². The molecule has 3 nitrogen and oxygen atoms in total. The predicted molar refractivity (Wildman–Crippen MR) is 150 cm³/mol. The summed E-state index contributed by atoms with van der Waals surface area (Å²) >= 11 is 0. The molecule has 0 amide bonds. The lowest BCUT2D eigenvalue weighted by Gasteiger charge is -2.34. The average molecular weight is 497 g/mol. The van der Waals surface area contributed by atoms with Crippen molar-refractivity contribution < 1.29 is 14.3 Å². The van der Waals surface area contributed by atoms with E-state index in [9.17, 15) is 9.59 Å². The standard InChI is InChI=1S/C33H52O3/c1-3-5-7-9-11-15-26-18-23-30(31(34)25-26)33(35)32(27-16-12-10-13-17-27)28-19-21-29(22-20-28)36-24-14-8-6-4-2/h19-22,26-27,30,32H,3-18,23-25H2,1-2H3. The van der Waals surface area contributed by atoms with Gasteiger partial charge in [0.05, 0.1) is 12.5 Å². The zero-order chi connectivity index (χ0) is 25.6. The molecule has 0 spiro atoms. The van der Waals surface area contributed by atoms with Crippen LogP contribution in [0.4, 0.5) is 0 Å². The lowest BCUT2D eigenvalue weighted by molar-refractivity contribution is -0.137. The molecule has 3 atom stereocenters. The van der Waals surface area contributed by atoms with Crippen molar-refractivity contribution in [3.05, 3.63) is 29.8 Å². The molecule has 0 N–H and O–H groups in total. The number of ketones is 2. The van der Waals surface area contributed by atoms with Gasteiger partial charge in [-0.3, -0.25) is 9.59 Å². The summed E-state index contributed by atoms with van der Waals surface area (Å²) < 4.78 is 5.95. The first-order chi connectivity index (χ1) is 17.6. The molecule has 0 saturated heterocycles. The molecular formula is C33H52O3. The highest BCUT2D eigenvalue weighted by atomic mass is 16.5. The van der Waals surface area contributed by atoms with Crippen LogP contribution in [0.1, 0.15) is 141 Å². The van der Waals surface area contributed by atoms with Crippen LogP contribution in [-0.4, -0.2) is 18.2 Å². The fourth-order valence-corrected chi connectivity index (χ4v) is 6.52. The first kappa shape index (κ1) is 28.9. The van der Waals surface area contributed by atoms with Gasteiger partial charge in [-0.05, 0) is 61.6 Å². The van der Waals surface area contributed by atoms with Crippen LogP contribution in [0, 0.1) is 17.8 Å². The summed E-state index contributed by atoms with van der Waals surface area (Å²) in [6.07, 6.45) is 20.6. The summed E-state index contributed by atoms with van der Waals surface area (Å²) in [4.78, 5) is 27.2. The third-order valence-electron chi connectivity index (χ3n) is 8.74. The Bertz CT molecular complexity index is 762. The van der Waals surface area contributed by atoms with E-state index in [4.69, 9.17) is 4.74 Å². The summed E-state index contributed by atoms with van der Waals surface area (Å²) in [5.41, 5.74) is 1.09.